The molecule has 0 heterocycles. The summed E-state index contributed by atoms with van der Waals surface area (Å²) in [5.74, 6) is 0. The Morgan fingerprint density at radius 1 is 1.40 bits per heavy atom. The molecule has 0 aromatic heterocycles. The fourth-order valence-electron chi connectivity index (χ4n) is 0.667. The minimum Gasteiger partial charge on any atom is -0.396 e. The zero-order chi connectivity index (χ0) is 7.82. The highest BCUT2D eigenvalue weighted by molar-refractivity contribution is 4.85. The van der Waals surface area contributed by atoms with Crippen LogP contribution in [0, 0.1) is 0 Å². The molecule has 0 radical (unpaired) electrons. The Morgan fingerprint density at radius 3 is 2.60 bits per heavy atom. The van der Waals surface area contributed by atoms with Crippen LogP contribution in [0.5, 0.6) is 0 Å². The van der Waals surface area contributed by atoms with Gasteiger partial charge in [-0.15, -0.1) is 0 Å². The summed E-state index contributed by atoms with van der Waals surface area (Å²) in [6.07, 6.45) is 6.17. The summed E-state index contributed by atoms with van der Waals surface area (Å²) in [5.41, 5.74) is 0. The number of hydrogen-bond acceptors (Lipinski definition) is 2. The maximum absolute atomic E-state index is 8.77. The Balaban J connectivity index is 3.02. The second-order valence-corrected chi connectivity index (χ2v) is 2.39. The van der Waals surface area contributed by atoms with Crippen molar-refractivity contribution >= 4 is 0 Å². The average molecular weight is 144 g/mol. The van der Waals surface area contributed by atoms with E-state index < -0.39 is 0 Å². The lowest BCUT2D eigenvalue weighted by Gasteiger charge is -1.93. The Labute approximate surface area is 62.2 Å². The zero-order valence-electron chi connectivity index (χ0n) is 6.45. The molecule has 0 spiro atoms. The van der Waals surface area contributed by atoms with Crippen LogP contribution in [0.15, 0.2) is 12.2 Å². The second kappa shape index (κ2) is 6.78. The summed E-state index contributed by atoms with van der Waals surface area (Å²) in [7, 11) is 0. The van der Waals surface area contributed by atoms with Crippen LogP contribution < -0.4 is 0 Å². The van der Waals surface area contributed by atoms with Gasteiger partial charge in [-0.3, -0.25) is 0 Å². The van der Waals surface area contributed by atoms with Gasteiger partial charge in [-0.1, -0.05) is 12.2 Å². The van der Waals surface area contributed by atoms with Gasteiger partial charge in [0.2, 0.25) is 0 Å². The molecule has 2 N–H and O–H groups in total. The Hall–Kier alpha value is -0.340. The summed E-state index contributed by atoms with van der Waals surface area (Å²) in [5, 5.41) is 17.2. The number of allylic oxidation sites excluding steroid dienone is 1. The van der Waals surface area contributed by atoms with Crippen molar-refractivity contribution in [2.45, 2.75) is 32.3 Å². The lowest BCUT2D eigenvalue weighted by Crippen LogP contribution is -1.91. The Kier molecular flexibility index (Phi) is 6.55. The van der Waals surface area contributed by atoms with Gasteiger partial charge in [0.15, 0.2) is 0 Å². The topological polar surface area (TPSA) is 40.5 Å². The number of hydrogen-bond donors (Lipinski definition) is 2. The first-order chi connectivity index (χ1) is 4.77. The molecule has 0 amide bonds. The standard InChI is InChI=1S/C8H16O2/c1-8(10)6-4-2-3-5-7-9/h4,6,8-10H,2-3,5,7H2,1H3/b6-4+. The predicted octanol–water partition coefficient (Wildman–Crippen LogP) is 1.09. The van der Waals surface area contributed by atoms with Crippen molar-refractivity contribution in [3.8, 4) is 0 Å². The average Bonchev–Trinajstić information content (AvgIpc) is 1.87. The maximum atomic E-state index is 8.77. The molecule has 0 aromatic rings. The molecule has 2 nitrogen and oxygen atoms in total. The monoisotopic (exact) mass is 144 g/mol. The summed E-state index contributed by atoms with van der Waals surface area (Å²) < 4.78 is 0. The maximum Gasteiger partial charge on any atom is 0.0692 e. The van der Waals surface area contributed by atoms with Gasteiger partial charge < -0.3 is 10.2 Å². The zero-order valence-corrected chi connectivity index (χ0v) is 6.45. The molecule has 0 fully saturated rings. The minimum atomic E-state index is -0.339. The lowest BCUT2D eigenvalue weighted by molar-refractivity contribution is 0.243. The molecule has 1 unspecified atom stereocenters. The van der Waals surface area contributed by atoms with Gasteiger partial charge in [-0.05, 0) is 26.2 Å². The number of aliphatic hydroxyl groups is 2. The van der Waals surface area contributed by atoms with Gasteiger partial charge in [-0.25, -0.2) is 0 Å². The van der Waals surface area contributed by atoms with Crippen molar-refractivity contribution in [1.29, 1.82) is 0 Å². The summed E-state index contributed by atoms with van der Waals surface area (Å²) in [4.78, 5) is 0. The van der Waals surface area contributed by atoms with Crippen molar-refractivity contribution in [3.05, 3.63) is 12.2 Å². The van der Waals surface area contributed by atoms with E-state index in [2.05, 4.69) is 0 Å². The van der Waals surface area contributed by atoms with Crippen LogP contribution in [0.3, 0.4) is 0 Å². The summed E-state index contributed by atoms with van der Waals surface area (Å²) >= 11 is 0. The largest absolute Gasteiger partial charge is 0.396 e. The van der Waals surface area contributed by atoms with E-state index in [9.17, 15) is 0 Å². The molecule has 0 aliphatic rings. The molecule has 60 valence electrons. The van der Waals surface area contributed by atoms with E-state index >= 15 is 0 Å². The molecule has 0 rings (SSSR count). The van der Waals surface area contributed by atoms with Crippen LogP contribution in [0.1, 0.15) is 26.2 Å². The highest BCUT2D eigenvalue weighted by Gasteiger charge is 1.85. The van der Waals surface area contributed by atoms with Crippen LogP contribution in [0.2, 0.25) is 0 Å². The molecular weight excluding hydrogens is 128 g/mol. The van der Waals surface area contributed by atoms with Crippen LogP contribution >= 0.6 is 0 Å². The third kappa shape index (κ3) is 7.66. The van der Waals surface area contributed by atoms with Crippen molar-refractivity contribution in [1.82, 2.24) is 0 Å². The first kappa shape index (κ1) is 9.66. The van der Waals surface area contributed by atoms with Gasteiger partial charge in [0.25, 0.3) is 0 Å². The normalized spacial score (nSPS) is 14.3. The van der Waals surface area contributed by atoms with Crippen LogP contribution in [0.4, 0.5) is 0 Å². The van der Waals surface area contributed by atoms with E-state index in [1.165, 1.54) is 0 Å². The molecule has 0 aliphatic carbocycles. The predicted molar refractivity (Wildman–Crippen MR) is 41.8 cm³/mol. The lowest BCUT2D eigenvalue weighted by atomic mass is 10.2. The van der Waals surface area contributed by atoms with E-state index in [1.54, 1.807) is 13.0 Å². The van der Waals surface area contributed by atoms with Crippen molar-refractivity contribution < 1.29 is 10.2 Å². The molecule has 0 saturated carbocycles. The highest BCUT2D eigenvalue weighted by Crippen LogP contribution is 1.96. The first-order valence-electron chi connectivity index (χ1n) is 3.73. The molecule has 1 atom stereocenters. The molecular formula is C8H16O2. The van der Waals surface area contributed by atoms with E-state index in [0.29, 0.717) is 0 Å². The fourth-order valence-corrected chi connectivity index (χ4v) is 0.667. The number of rotatable bonds is 5. The smallest absolute Gasteiger partial charge is 0.0692 e. The van der Waals surface area contributed by atoms with E-state index in [1.807, 2.05) is 6.08 Å². The highest BCUT2D eigenvalue weighted by atomic mass is 16.3. The second-order valence-electron chi connectivity index (χ2n) is 2.39. The summed E-state index contributed by atoms with van der Waals surface area (Å²) in [6, 6.07) is 0. The molecule has 0 saturated heterocycles. The van der Waals surface area contributed by atoms with Gasteiger partial charge in [0, 0.05) is 6.61 Å². The van der Waals surface area contributed by atoms with Gasteiger partial charge in [0.1, 0.15) is 0 Å². The fraction of sp³-hybridized carbons (Fsp3) is 0.750. The molecule has 0 aromatic carbocycles. The third-order valence-electron chi connectivity index (χ3n) is 1.19. The Bertz CT molecular complexity index is 87.3. The SMILES string of the molecule is CC(O)/C=C/CCCCO. The number of aliphatic hydroxyl groups excluding tert-OH is 2. The van der Waals surface area contributed by atoms with E-state index in [0.717, 1.165) is 19.3 Å². The van der Waals surface area contributed by atoms with E-state index in [-0.39, 0.29) is 12.7 Å². The molecule has 2 heteroatoms. The van der Waals surface area contributed by atoms with Crippen molar-refractivity contribution in [2.24, 2.45) is 0 Å². The van der Waals surface area contributed by atoms with Gasteiger partial charge >= 0.3 is 0 Å². The van der Waals surface area contributed by atoms with Crippen LogP contribution in [-0.2, 0) is 0 Å². The van der Waals surface area contributed by atoms with Crippen LogP contribution in [-0.4, -0.2) is 22.9 Å². The van der Waals surface area contributed by atoms with E-state index in [4.69, 9.17) is 10.2 Å². The van der Waals surface area contributed by atoms with Crippen molar-refractivity contribution in [3.63, 3.8) is 0 Å². The first-order valence-corrected chi connectivity index (χ1v) is 3.73. The number of unbranched alkanes of at least 4 members (excludes halogenated alkanes) is 2. The van der Waals surface area contributed by atoms with Gasteiger partial charge in [0.05, 0.1) is 6.10 Å². The minimum absolute atomic E-state index is 0.266. The quantitative estimate of drug-likeness (QED) is 0.448. The molecule has 0 bridgehead atoms. The van der Waals surface area contributed by atoms with Gasteiger partial charge in [-0.2, -0.15) is 0 Å². The molecule has 0 aliphatic heterocycles. The summed E-state index contributed by atoms with van der Waals surface area (Å²) in [6.45, 7) is 1.99. The Morgan fingerprint density at radius 2 is 2.10 bits per heavy atom. The van der Waals surface area contributed by atoms with Crippen LogP contribution in [0.25, 0.3) is 0 Å². The third-order valence-corrected chi connectivity index (χ3v) is 1.19. The van der Waals surface area contributed by atoms with Crippen molar-refractivity contribution in [2.75, 3.05) is 6.61 Å². The molecule has 10 heavy (non-hydrogen) atoms.